The van der Waals surface area contributed by atoms with E-state index < -0.39 is 0 Å². The maximum absolute atomic E-state index is 5.94. The van der Waals surface area contributed by atoms with Crippen molar-refractivity contribution in [2.45, 2.75) is 34.1 Å². The minimum absolute atomic E-state index is 0. The van der Waals surface area contributed by atoms with E-state index in [9.17, 15) is 0 Å². The highest BCUT2D eigenvalue weighted by atomic mass is 127. The molecule has 0 bridgehead atoms. The molecule has 21 heavy (non-hydrogen) atoms. The lowest BCUT2D eigenvalue weighted by atomic mass is 9.90. The van der Waals surface area contributed by atoms with E-state index in [2.05, 4.69) is 50.1 Å². The van der Waals surface area contributed by atoms with Crippen molar-refractivity contribution in [1.29, 1.82) is 0 Å². The number of ether oxygens (including phenoxy) is 1. The van der Waals surface area contributed by atoms with E-state index in [-0.39, 0.29) is 29.4 Å². The zero-order valence-electron chi connectivity index (χ0n) is 13.7. The third-order valence-electron chi connectivity index (χ3n) is 3.44. The van der Waals surface area contributed by atoms with Crippen LogP contribution in [-0.4, -0.2) is 26.2 Å². The first-order chi connectivity index (χ1) is 9.34. The summed E-state index contributed by atoms with van der Waals surface area (Å²) in [7, 11) is 1.72. The van der Waals surface area contributed by atoms with Crippen LogP contribution >= 0.6 is 24.0 Å². The smallest absolute Gasteiger partial charge is 0.193 e. The molecule has 0 heterocycles. The summed E-state index contributed by atoms with van der Waals surface area (Å²) in [5.41, 5.74) is 9.51. The van der Waals surface area contributed by atoms with E-state index in [0.29, 0.717) is 12.5 Å². The van der Waals surface area contributed by atoms with Gasteiger partial charge in [0.05, 0.1) is 0 Å². The molecule has 0 saturated carbocycles. The van der Waals surface area contributed by atoms with Gasteiger partial charge in [0.2, 0.25) is 0 Å². The van der Waals surface area contributed by atoms with Gasteiger partial charge in [-0.1, -0.05) is 19.9 Å². The molecule has 0 saturated heterocycles. The number of guanidine groups is 1. The number of hydrogen-bond donors (Lipinski definition) is 2. The molecular formula is C16H28IN3O. The van der Waals surface area contributed by atoms with Gasteiger partial charge in [0.1, 0.15) is 0 Å². The van der Waals surface area contributed by atoms with Crippen molar-refractivity contribution in [3.63, 3.8) is 0 Å². The lowest BCUT2D eigenvalue weighted by Gasteiger charge is -2.22. The first kappa shape index (κ1) is 20.2. The minimum atomic E-state index is 0. The number of aryl methyl sites for hydroxylation is 2. The predicted molar refractivity (Wildman–Crippen MR) is 102 cm³/mol. The second-order valence-corrected chi connectivity index (χ2v) is 6.03. The Morgan fingerprint density at radius 2 is 1.95 bits per heavy atom. The van der Waals surface area contributed by atoms with Gasteiger partial charge < -0.3 is 15.8 Å². The molecule has 0 aliphatic heterocycles. The van der Waals surface area contributed by atoms with Crippen molar-refractivity contribution >= 4 is 35.6 Å². The molecule has 5 heteroatoms. The topological polar surface area (TPSA) is 59.6 Å². The molecule has 0 aliphatic carbocycles. The Hall–Kier alpha value is -0.820. The third-order valence-corrected chi connectivity index (χ3v) is 3.44. The van der Waals surface area contributed by atoms with Gasteiger partial charge in [-0.25, -0.2) is 0 Å². The van der Waals surface area contributed by atoms with Gasteiger partial charge in [0.25, 0.3) is 0 Å². The van der Waals surface area contributed by atoms with Gasteiger partial charge in [0, 0.05) is 25.9 Å². The van der Waals surface area contributed by atoms with E-state index >= 15 is 0 Å². The molecule has 0 fully saturated rings. The molecule has 4 nitrogen and oxygen atoms in total. The molecule has 0 radical (unpaired) electrons. The van der Waals surface area contributed by atoms with Crippen molar-refractivity contribution in [1.82, 2.24) is 0 Å². The van der Waals surface area contributed by atoms with Crippen LogP contribution in [0.2, 0.25) is 0 Å². The molecule has 0 unspecified atom stereocenters. The molecule has 1 rings (SSSR count). The summed E-state index contributed by atoms with van der Waals surface area (Å²) in [4.78, 5) is 4.42. The summed E-state index contributed by atoms with van der Waals surface area (Å²) in [5, 5.41) is 3.14. The van der Waals surface area contributed by atoms with Crippen LogP contribution < -0.4 is 11.1 Å². The molecule has 0 atom stereocenters. The fourth-order valence-corrected chi connectivity index (χ4v) is 1.76. The Morgan fingerprint density at radius 3 is 2.52 bits per heavy atom. The van der Waals surface area contributed by atoms with E-state index in [0.717, 1.165) is 18.7 Å². The lowest BCUT2D eigenvalue weighted by molar-refractivity contribution is 0.155. The van der Waals surface area contributed by atoms with Crippen molar-refractivity contribution in [2.24, 2.45) is 16.1 Å². The summed E-state index contributed by atoms with van der Waals surface area (Å²) in [5.74, 6) is 0.457. The molecular weight excluding hydrogens is 377 g/mol. The van der Waals surface area contributed by atoms with Gasteiger partial charge in [-0.05, 0) is 48.9 Å². The third kappa shape index (κ3) is 7.66. The van der Waals surface area contributed by atoms with E-state index in [4.69, 9.17) is 10.5 Å². The molecule has 0 aromatic heterocycles. The lowest BCUT2D eigenvalue weighted by Crippen LogP contribution is -2.26. The van der Waals surface area contributed by atoms with E-state index in [1.165, 1.54) is 11.1 Å². The average molecular weight is 405 g/mol. The number of nitrogens with zero attached hydrogens (tertiary/aromatic N) is 1. The summed E-state index contributed by atoms with van der Waals surface area (Å²) >= 11 is 0. The highest BCUT2D eigenvalue weighted by Gasteiger charge is 2.16. The van der Waals surface area contributed by atoms with Crippen LogP contribution in [0.5, 0.6) is 0 Å². The van der Waals surface area contributed by atoms with Crippen LogP contribution in [0.3, 0.4) is 0 Å². The standard InChI is InChI=1S/C16H27N3O.HI/c1-12-6-7-14(10-13(12)2)19-15(17)18-11-16(3,4)8-9-20-5;/h6-7,10H,8-9,11H2,1-5H3,(H3,17,18,19);1H. The van der Waals surface area contributed by atoms with Crippen LogP contribution in [0.25, 0.3) is 0 Å². The number of aliphatic imine (C=N–C) groups is 1. The number of rotatable bonds is 6. The molecule has 1 aromatic rings. The van der Waals surface area contributed by atoms with Gasteiger partial charge >= 0.3 is 0 Å². The Labute approximate surface area is 145 Å². The number of methoxy groups -OCH3 is 1. The quantitative estimate of drug-likeness (QED) is 0.431. The van der Waals surface area contributed by atoms with Gasteiger partial charge in [0.15, 0.2) is 5.96 Å². The second-order valence-electron chi connectivity index (χ2n) is 6.03. The van der Waals surface area contributed by atoms with Crippen molar-refractivity contribution in [2.75, 3.05) is 25.6 Å². The number of hydrogen-bond acceptors (Lipinski definition) is 2. The predicted octanol–water partition coefficient (Wildman–Crippen LogP) is 3.71. The minimum Gasteiger partial charge on any atom is -0.385 e. The van der Waals surface area contributed by atoms with Crippen molar-refractivity contribution in [3.05, 3.63) is 29.3 Å². The molecule has 0 aliphatic rings. The second kappa shape index (κ2) is 9.25. The number of nitrogens with one attached hydrogen (secondary N) is 1. The number of anilines is 1. The molecule has 0 spiro atoms. The molecule has 3 N–H and O–H groups in total. The molecule has 1 aromatic carbocycles. The highest BCUT2D eigenvalue weighted by Crippen LogP contribution is 2.20. The van der Waals surface area contributed by atoms with Crippen LogP contribution in [0.1, 0.15) is 31.4 Å². The Morgan fingerprint density at radius 1 is 1.29 bits per heavy atom. The maximum Gasteiger partial charge on any atom is 0.193 e. The average Bonchev–Trinajstić information content (AvgIpc) is 2.39. The van der Waals surface area contributed by atoms with Crippen LogP contribution in [0.15, 0.2) is 23.2 Å². The zero-order chi connectivity index (χ0) is 15.2. The zero-order valence-corrected chi connectivity index (χ0v) is 16.0. The first-order valence-electron chi connectivity index (χ1n) is 6.97. The first-order valence-corrected chi connectivity index (χ1v) is 6.97. The summed E-state index contributed by atoms with van der Waals surface area (Å²) in [6.45, 7) is 9.93. The highest BCUT2D eigenvalue weighted by molar-refractivity contribution is 14.0. The Bertz CT molecular complexity index is 473. The van der Waals surface area contributed by atoms with E-state index in [1.54, 1.807) is 7.11 Å². The summed E-state index contributed by atoms with van der Waals surface area (Å²) in [6.07, 6.45) is 0.962. The SMILES string of the molecule is COCCC(C)(C)CN=C(N)Nc1ccc(C)c(C)c1.I. The van der Waals surface area contributed by atoms with Crippen LogP contribution in [0, 0.1) is 19.3 Å². The fourth-order valence-electron chi connectivity index (χ4n) is 1.76. The number of nitrogens with two attached hydrogens (primary N) is 1. The number of halogens is 1. The van der Waals surface area contributed by atoms with Gasteiger partial charge in [-0.3, -0.25) is 4.99 Å². The fraction of sp³-hybridized carbons (Fsp3) is 0.562. The van der Waals surface area contributed by atoms with Crippen molar-refractivity contribution in [3.8, 4) is 0 Å². The Kier molecular flexibility index (Phi) is 8.89. The van der Waals surface area contributed by atoms with Gasteiger partial charge in [-0.2, -0.15) is 0 Å². The monoisotopic (exact) mass is 405 g/mol. The summed E-state index contributed by atoms with van der Waals surface area (Å²) in [6, 6.07) is 6.17. The molecule has 0 amide bonds. The van der Waals surface area contributed by atoms with E-state index in [1.807, 2.05) is 6.07 Å². The summed E-state index contributed by atoms with van der Waals surface area (Å²) < 4.78 is 5.11. The van der Waals surface area contributed by atoms with Gasteiger partial charge in [-0.15, -0.1) is 24.0 Å². The number of benzene rings is 1. The Balaban J connectivity index is 0.00000400. The van der Waals surface area contributed by atoms with Crippen LogP contribution in [0.4, 0.5) is 5.69 Å². The van der Waals surface area contributed by atoms with Crippen LogP contribution in [-0.2, 0) is 4.74 Å². The largest absolute Gasteiger partial charge is 0.385 e. The van der Waals surface area contributed by atoms with Crippen molar-refractivity contribution < 1.29 is 4.74 Å². The maximum atomic E-state index is 5.94. The molecule has 120 valence electrons. The normalized spacial score (nSPS) is 12.0.